The van der Waals surface area contributed by atoms with Crippen molar-refractivity contribution in [2.75, 3.05) is 11.9 Å². The fourth-order valence-corrected chi connectivity index (χ4v) is 1.26. The van der Waals surface area contributed by atoms with Crippen LogP contribution >= 0.6 is 0 Å². The Morgan fingerprint density at radius 2 is 2.19 bits per heavy atom. The lowest BCUT2D eigenvalue weighted by Crippen LogP contribution is -2.21. The van der Waals surface area contributed by atoms with Crippen molar-refractivity contribution in [3.8, 4) is 11.3 Å². The van der Waals surface area contributed by atoms with Crippen LogP contribution in [-0.4, -0.2) is 27.6 Å². The Morgan fingerprint density at radius 1 is 1.44 bits per heavy atom. The Kier molecular flexibility index (Phi) is 2.93. The number of H-pyrrole nitrogens is 1. The highest BCUT2D eigenvalue weighted by molar-refractivity contribution is 5.91. The van der Waals surface area contributed by atoms with Gasteiger partial charge in [0.25, 0.3) is 0 Å². The first-order chi connectivity index (χ1) is 7.79. The van der Waals surface area contributed by atoms with Crippen LogP contribution in [0.1, 0.15) is 0 Å². The van der Waals surface area contributed by atoms with Gasteiger partial charge in [-0.05, 0) is 12.1 Å². The van der Waals surface area contributed by atoms with Crippen LogP contribution < -0.4 is 11.1 Å². The number of aromatic nitrogens is 3. The van der Waals surface area contributed by atoms with E-state index in [2.05, 4.69) is 20.5 Å². The predicted octanol–water partition coefficient (Wildman–Crippen LogP) is 0.369. The number of nitrogens with one attached hydrogen (secondary N) is 2. The number of nitrogens with zero attached hydrogens (tertiary/aromatic N) is 2. The first-order valence-corrected chi connectivity index (χ1v) is 4.75. The Balaban J connectivity index is 2.17. The Hall–Kier alpha value is -2.21. The molecule has 16 heavy (non-hydrogen) atoms. The third-order valence-corrected chi connectivity index (χ3v) is 2.02. The van der Waals surface area contributed by atoms with Crippen LogP contribution in [-0.2, 0) is 4.79 Å². The first kappa shape index (κ1) is 10.3. The van der Waals surface area contributed by atoms with Gasteiger partial charge >= 0.3 is 0 Å². The molecule has 4 N–H and O–H groups in total. The minimum absolute atomic E-state index is 0.0581. The molecular weight excluding hydrogens is 206 g/mol. The Morgan fingerprint density at radius 3 is 2.88 bits per heavy atom. The molecule has 0 unspecified atom stereocenters. The topological polar surface area (TPSA) is 96.7 Å². The van der Waals surface area contributed by atoms with Gasteiger partial charge in [-0.15, -0.1) is 0 Å². The maximum Gasteiger partial charge on any atom is 0.239 e. The zero-order chi connectivity index (χ0) is 11.4. The van der Waals surface area contributed by atoms with Gasteiger partial charge in [0.05, 0.1) is 12.2 Å². The SMILES string of the molecule is NCC(=O)Nc1cc(-c2ccncc2)[nH]n1. The van der Waals surface area contributed by atoms with E-state index in [4.69, 9.17) is 5.73 Å². The van der Waals surface area contributed by atoms with Crippen LogP contribution in [0.15, 0.2) is 30.6 Å². The molecule has 0 aromatic carbocycles. The van der Waals surface area contributed by atoms with Crippen LogP contribution in [0.5, 0.6) is 0 Å². The van der Waals surface area contributed by atoms with Crippen molar-refractivity contribution in [3.63, 3.8) is 0 Å². The van der Waals surface area contributed by atoms with Crippen LogP contribution in [0.2, 0.25) is 0 Å². The Labute approximate surface area is 91.9 Å². The fourth-order valence-electron chi connectivity index (χ4n) is 1.26. The lowest BCUT2D eigenvalue weighted by atomic mass is 10.2. The van der Waals surface area contributed by atoms with E-state index in [1.807, 2.05) is 12.1 Å². The van der Waals surface area contributed by atoms with E-state index >= 15 is 0 Å². The molecule has 0 radical (unpaired) electrons. The van der Waals surface area contributed by atoms with Gasteiger partial charge in [-0.1, -0.05) is 0 Å². The van der Waals surface area contributed by atoms with Crippen molar-refractivity contribution in [2.24, 2.45) is 5.73 Å². The molecule has 0 saturated heterocycles. The second-order valence-electron chi connectivity index (χ2n) is 3.16. The summed E-state index contributed by atoms with van der Waals surface area (Å²) in [6.45, 7) is -0.0581. The molecular formula is C10H11N5O. The summed E-state index contributed by atoms with van der Waals surface area (Å²) >= 11 is 0. The van der Waals surface area contributed by atoms with E-state index in [9.17, 15) is 4.79 Å². The number of nitrogens with two attached hydrogens (primary N) is 1. The fraction of sp³-hybridized carbons (Fsp3) is 0.100. The van der Waals surface area contributed by atoms with Crippen molar-refractivity contribution in [1.82, 2.24) is 15.2 Å². The minimum atomic E-state index is -0.271. The maximum absolute atomic E-state index is 11.0. The molecule has 1 amide bonds. The lowest BCUT2D eigenvalue weighted by molar-refractivity contribution is -0.114. The standard InChI is InChI=1S/C10H11N5O/c11-6-10(16)13-9-5-8(14-15-9)7-1-3-12-4-2-7/h1-5H,6,11H2,(H2,13,14,15,16). The molecule has 2 aromatic heterocycles. The molecule has 6 nitrogen and oxygen atoms in total. The summed E-state index contributed by atoms with van der Waals surface area (Å²) in [4.78, 5) is 14.9. The van der Waals surface area contributed by atoms with Gasteiger partial charge in [0.1, 0.15) is 0 Å². The van der Waals surface area contributed by atoms with Gasteiger partial charge in [-0.3, -0.25) is 14.9 Å². The number of aromatic amines is 1. The summed E-state index contributed by atoms with van der Waals surface area (Å²) < 4.78 is 0. The zero-order valence-corrected chi connectivity index (χ0v) is 8.47. The molecule has 6 heteroatoms. The summed E-state index contributed by atoms with van der Waals surface area (Å²) in [6.07, 6.45) is 3.38. The first-order valence-electron chi connectivity index (χ1n) is 4.75. The highest BCUT2D eigenvalue weighted by atomic mass is 16.1. The molecule has 2 rings (SSSR count). The largest absolute Gasteiger partial charge is 0.322 e. The third kappa shape index (κ3) is 2.23. The van der Waals surface area contributed by atoms with E-state index in [-0.39, 0.29) is 12.5 Å². The highest BCUT2D eigenvalue weighted by Crippen LogP contribution is 2.18. The number of hydrogen-bond donors (Lipinski definition) is 3. The molecule has 0 aliphatic rings. The van der Waals surface area contributed by atoms with Gasteiger partial charge in [-0.25, -0.2) is 0 Å². The lowest BCUT2D eigenvalue weighted by Gasteiger charge is -1.96. The number of carbonyl (C=O) groups excluding carboxylic acids is 1. The number of carbonyl (C=O) groups is 1. The van der Waals surface area contributed by atoms with E-state index in [0.29, 0.717) is 5.82 Å². The third-order valence-electron chi connectivity index (χ3n) is 2.02. The molecule has 0 aliphatic carbocycles. The van der Waals surface area contributed by atoms with Crippen LogP contribution in [0.25, 0.3) is 11.3 Å². The average molecular weight is 217 g/mol. The van der Waals surface area contributed by atoms with Gasteiger partial charge < -0.3 is 11.1 Å². The molecule has 0 aliphatic heterocycles. The second kappa shape index (κ2) is 4.54. The molecule has 2 heterocycles. The number of anilines is 1. The van der Waals surface area contributed by atoms with Crippen molar-refractivity contribution >= 4 is 11.7 Å². The highest BCUT2D eigenvalue weighted by Gasteiger charge is 2.05. The maximum atomic E-state index is 11.0. The summed E-state index contributed by atoms with van der Waals surface area (Å²) in [6, 6.07) is 5.44. The number of hydrogen-bond acceptors (Lipinski definition) is 4. The molecule has 0 spiro atoms. The summed E-state index contributed by atoms with van der Waals surface area (Å²) in [5.74, 6) is 0.190. The van der Waals surface area contributed by atoms with E-state index < -0.39 is 0 Å². The monoisotopic (exact) mass is 217 g/mol. The van der Waals surface area contributed by atoms with Crippen molar-refractivity contribution < 1.29 is 4.79 Å². The quantitative estimate of drug-likeness (QED) is 0.691. The molecule has 82 valence electrons. The molecule has 2 aromatic rings. The number of pyridine rings is 1. The Bertz CT molecular complexity index is 479. The molecule has 0 atom stereocenters. The van der Waals surface area contributed by atoms with Gasteiger partial charge in [0.15, 0.2) is 5.82 Å². The van der Waals surface area contributed by atoms with Crippen LogP contribution in [0.3, 0.4) is 0 Å². The predicted molar refractivity (Wildman–Crippen MR) is 59.5 cm³/mol. The molecule has 0 fully saturated rings. The van der Waals surface area contributed by atoms with Crippen molar-refractivity contribution in [2.45, 2.75) is 0 Å². The van der Waals surface area contributed by atoms with E-state index in [0.717, 1.165) is 11.3 Å². The van der Waals surface area contributed by atoms with Gasteiger partial charge in [-0.2, -0.15) is 5.10 Å². The van der Waals surface area contributed by atoms with E-state index in [1.165, 1.54) is 0 Å². The molecule has 0 bridgehead atoms. The second-order valence-corrected chi connectivity index (χ2v) is 3.16. The van der Waals surface area contributed by atoms with Crippen molar-refractivity contribution in [1.29, 1.82) is 0 Å². The number of rotatable bonds is 3. The van der Waals surface area contributed by atoms with Crippen molar-refractivity contribution in [3.05, 3.63) is 30.6 Å². The van der Waals surface area contributed by atoms with Gasteiger partial charge in [0.2, 0.25) is 5.91 Å². The minimum Gasteiger partial charge on any atom is -0.322 e. The molecule has 0 saturated carbocycles. The van der Waals surface area contributed by atoms with Gasteiger partial charge in [0, 0.05) is 24.0 Å². The van der Waals surface area contributed by atoms with Crippen LogP contribution in [0, 0.1) is 0 Å². The van der Waals surface area contributed by atoms with E-state index in [1.54, 1.807) is 18.5 Å². The average Bonchev–Trinajstić information content (AvgIpc) is 2.78. The summed E-state index contributed by atoms with van der Waals surface area (Å²) in [7, 11) is 0. The smallest absolute Gasteiger partial charge is 0.239 e. The zero-order valence-electron chi connectivity index (χ0n) is 8.47. The summed E-state index contributed by atoms with van der Waals surface area (Å²) in [5, 5.41) is 9.33. The van der Waals surface area contributed by atoms with Crippen LogP contribution in [0.4, 0.5) is 5.82 Å². The number of amides is 1. The normalized spacial score (nSPS) is 10.1. The summed E-state index contributed by atoms with van der Waals surface area (Å²) in [5.41, 5.74) is 6.95.